The van der Waals surface area contributed by atoms with Gasteiger partial charge in [0.15, 0.2) is 0 Å². The fraction of sp³-hybridized carbons (Fsp3) is 0.429. The van der Waals surface area contributed by atoms with Gasteiger partial charge in [0.1, 0.15) is 12.4 Å². The van der Waals surface area contributed by atoms with Gasteiger partial charge >= 0.3 is 5.97 Å². The number of halogens is 2. The molecule has 0 atom stereocenters. The molecule has 1 fully saturated rings. The third kappa shape index (κ3) is 9.78. The van der Waals surface area contributed by atoms with Gasteiger partial charge in [0.2, 0.25) is 5.88 Å². The Bertz CT molecular complexity index is 1400. The predicted molar refractivity (Wildman–Crippen MR) is 174 cm³/mol. The predicted octanol–water partition coefficient (Wildman–Crippen LogP) is 7.76. The van der Waals surface area contributed by atoms with Crippen LogP contribution >= 0.6 is 11.6 Å². The van der Waals surface area contributed by atoms with Crippen LogP contribution in [-0.2, 0) is 16.1 Å². The van der Waals surface area contributed by atoms with Crippen LogP contribution in [0.2, 0.25) is 5.02 Å². The average Bonchev–Trinajstić information content (AvgIpc) is 3.01. The van der Waals surface area contributed by atoms with E-state index in [0.717, 1.165) is 55.0 Å². The highest BCUT2D eigenvalue weighted by Gasteiger charge is 2.25. The number of ether oxygens (including phenoxy) is 2. The molecule has 0 bridgehead atoms. The molecule has 7 nitrogen and oxygen atoms in total. The molecule has 44 heavy (non-hydrogen) atoms. The molecule has 2 heterocycles. The maximum Gasteiger partial charge on any atom is 0.335 e. The first kappa shape index (κ1) is 35.0. The maximum atomic E-state index is 14.2. The van der Waals surface area contributed by atoms with Gasteiger partial charge in [-0.2, -0.15) is 0 Å². The lowest BCUT2D eigenvalue weighted by atomic mass is 9.93. The van der Waals surface area contributed by atoms with Gasteiger partial charge in [-0.05, 0) is 83.0 Å². The number of rotatable bonds is 15. The van der Waals surface area contributed by atoms with E-state index in [4.69, 9.17) is 26.1 Å². The first-order valence-corrected chi connectivity index (χ1v) is 15.4. The van der Waals surface area contributed by atoms with Crippen molar-refractivity contribution >= 4 is 17.6 Å². The zero-order valence-corrected chi connectivity index (χ0v) is 27.3. The van der Waals surface area contributed by atoms with E-state index < -0.39 is 11.8 Å². The van der Waals surface area contributed by atoms with Gasteiger partial charge in [-0.1, -0.05) is 48.9 Å². The Labute approximate surface area is 266 Å². The minimum absolute atomic E-state index is 0.0739. The molecule has 0 radical (unpaired) electrons. The molecule has 1 aromatic heterocycles. The van der Waals surface area contributed by atoms with Crippen molar-refractivity contribution in [2.45, 2.75) is 59.5 Å². The molecule has 0 unspecified atom stereocenters. The van der Waals surface area contributed by atoms with E-state index in [-0.39, 0.29) is 18.1 Å². The van der Waals surface area contributed by atoms with E-state index in [1.807, 2.05) is 19.1 Å². The molecule has 1 aliphatic heterocycles. The van der Waals surface area contributed by atoms with Crippen LogP contribution in [0.5, 0.6) is 5.88 Å². The average molecular weight is 626 g/mol. The van der Waals surface area contributed by atoms with E-state index in [9.17, 15) is 14.3 Å². The minimum Gasteiger partial charge on any atom is -0.478 e. The Morgan fingerprint density at radius 2 is 1.98 bits per heavy atom. The number of carboxylic acid groups (broad SMARTS) is 1. The van der Waals surface area contributed by atoms with Gasteiger partial charge < -0.3 is 19.5 Å². The van der Waals surface area contributed by atoms with Crippen LogP contribution in [0.25, 0.3) is 0 Å². The van der Waals surface area contributed by atoms with Crippen LogP contribution in [0.15, 0.2) is 83.2 Å². The van der Waals surface area contributed by atoms with Crippen molar-refractivity contribution in [1.29, 1.82) is 0 Å². The van der Waals surface area contributed by atoms with Crippen molar-refractivity contribution in [1.82, 2.24) is 14.8 Å². The summed E-state index contributed by atoms with van der Waals surface area (Å²) in [5.41, 5.74) is 5.56. The highest BCUT2D eigenvalue weighted by Crippen LogP contribution is 2.30. The number of carboxylic acids is 1. The number of allylic oxidation sites excluding steroid dienone is 3. The Morgan fingerprint density at radius 3 is 2.59 bits per heavy atom. The van der Waals surface area contributed by atoms with Crippen molar-refractivity contribution in [2.24, 2.45) is 0 Å². The SMILES string of the molecule is C=C(CN1CCC(c2cccc(OCc3ccc(Cl)cc3F)n2)CC1)N(CCOC)C(=C/C(=C\C)C(=O)O)/C(C)=C(/C)CC. The summed E-state index contributed by atoms with van der Waals surface area (Å²) in [7, 11) is 1.66. The standard InChI is InChI=1S/C35H45ClFN3O4/c1-7-24(3)26(5)33(20-27(8-2)35(41)42)40(18-19-43-6)25(4)22-39-16-14-28(15-17-39)32-10-9-11-34(38-32)44-23-29-12-13-30(36)21-31(29)37/h8-13,20-21,28H,4,7,14-19,22-23H2,1-3,5-6H3,(H,41,42)/b26-24-,27-8+,33-20+. The van der Waals surface area contributed by atoms with Crippen LogP contribution in [0.3, 0.4) is 0 Å². The van der Waals surface area contributed by atoms with Crippen molar-refractivity contribution in [3.8, 4) is 5.88 Å². The topological polar surface area (TPSA) is 75.1 Å². The number of hydrogen-bond donors (Lipinski definition) is 1. The summed E-state index contributed by atoms with van der Waals surface area (Å²) < 4.78 is 25.4. The van der Waals surface area contributed by atoms with E-state index in [2.05, 4.69) is 30.2 Å². The van der Waals surface area contributed by atoms with Crippen molar-refractivity contribution in [3.05, 3.63) is 105 Å². The summed E-state index contributed by atoms with van der Waals surface area (Å²) in [5.74, 6) is -0.623. The number of aliphatic carboxylic acids is 1. The third-order valence-electron chi connectivity index (χ3n) is 8.14. The first-order valence-electron chi connectivity index (χ1n) is 15.1. The molecule has 3 rings (SSSR count). The fourth-order valence-corrected chi connectivity index (χ4v) is 5.34. The first-order chi connectivity index (χ1) is 21.1. The van der Waals surface area contributed by atoms with Gasteiger partial charge in [0.25, 0.3) is 0 Å². The summed E-state index contributed by atoms with van der Waals surface area (Å²) in [6, 6.07) is 10.3. The van der Waals surface area contributed by atoms with Gasteiger partial charge in [-0.3, -0.25) is 4.90 Å². The molecule has 0 spiro atoms. The van der Waals surface area contributed by atoms with Gasteiger partial charge in [-0.25, -0.2) is 14.2 Å². The van der Waals surface area contributed by atoms with Crippen LogP contribution in [0.1, 0.15) is 64.1 Å². The number of likely N-dealkylation sites (tertiary alicyclic amines) is 1. The Kier molecular flexibility index (Phi) is 13.6. The summed E-state index contributed by atoms with van der Waals surface area (Å²) in [4.78, 5) is 21.1. The number of benzene rings is 1. The number of nitrogens with zero attached hydrogens (tertiary/aromatic N) is 3. The molecule has 0 saturated carbocycles. The second-order valence-corrected chi connectivity index (χ2v) is 11.5. The van der Waals surface area contributed by atoms with Crippen molar-refractivity contribution in [3.63, 3.8) is 0 Å². The lowest BCUT2D eigenvalue weighted by molar-refractivity contribution is -0.132. The highest BCUT2D eigenvalue weighted by molar-refractivity contribution is 6.30. The number of hydrogen-bond acceptors (Lipinski definition) is 6. The molecular formula is C35H45ClFN3O4. The summed E-state index contributed by atoms with van der Waals surface area (Å²) in [6.45, 7) is 15.9. The molecule has 238 valence electrons. The van der Waals surface area contributed by atoms with Crippen molar-refractivity contribution in [2.75, 3.05) is 39.9 Å². The molecule has 1 aliphatic rings. The lowest BCUT2D eigenvalue weighted by Crippen LogP contribution is -2.38. The zero-order chi connectivity index (χ0) is 32.2. The Morgan fingerprint density at radius 1 is 1.25 bits per heavy atom. The van der Waals surface area contributed by atoms with Crippen LogP contribution in [0.4, 0.5) is 4.39 Å². The molecular weight excluding hydrogens is 581 g/mol. The summed E-state index contributed by atoms with van der Waals surface area (Å²) in [6.07, 6.45) is 6.06. The van der Waals surface area contributed by atoms with E-state index >= 15 is 0 Å². The summed E-state index contributed by atoms with van der Waals surface area (Å²) in [5, 5.41) is 10.1. The monoisotopic (exact) mass is 625 g/mol. The number of piperidine rings is 1. The van der Waals surface area contributed by atoms with Crippen LogP contribution in [-0.4, -0.2) is 65.8 Å². The maximum absolute atomic E-state index is 14.2. The quantitative estimate of drug-likeness (QED) is 0.160. The minimum atomic E-state index is -0.966. The molecule has 0 amide bonds. The Balaban J connectivity index is 1.69. The fourth-order valence-electron chi connectivity index (χ4n) is 5.18. The molecule has 1 aromatic carbocycles. The molecule has 0 aliphatic carbocycles. The van der Waals surface area contributed by atoms with E-state index in [1.165, 1.54) is 11.6 Å². The van der Waals surface area contributed by atoms with Gasteiger partial charge in [-0.15, -0.1) is 0 Å². The molecule has 2 aromatic rings. The zero-order valence-electron chi connectivity index (χ0n) is 26.5. The largest absolute Gasteiger partial charge is 0.478 e. The lowest BCUT2D eigenvalue weighted by Gasteiger charge is -2.36. The van der Waals surface area contributed by atoms with Gasteiger partial charge in [0.05, 0.1) is 12.2 Å². The normalized spacial score (nSPS) is 15.6. The van der Waals surface area contributed by atoms with Crippen LogP contribution in [0, 0.1) is 5.82 Å². The second kappa shape index (κ2) is 17.1. The van der Waals surface area contributed by atoms with E-state index in [0.29, 0.717) is 36.2 Å². The third-order valence-corrected chi connectivity index (χ3v) is 8.38. The van der Waals surface area contributed by atoms with Crippen molar-refractivity contribution < 1.29 is 23.8 Å². The number of pyridine rings is 1. The molecule has 1 saturated heterocycles. The highest BCUT2D eigenvalue weighted by atomic mass is 35.5. The smallest absolute Gasteiger partial charge is 0.335 e. The van der Waals surface area contributed by atoms with E-state index in [1.54, 1.807) is 44.4 Å². The summed E-state index contributed by atoms with van der Waals surface area (Å²) >= 11 is 5.86. The number of aromatic nitrogens is 1. The molecule has 1 N–H and O–H groups in total. The van der Waals surface area contributed by atoms with Crippen LogP contribution < -0.4 is 4.74 Å². The van der Waals surface area contributed by atoms with Gasteiger partial charge in [0, 0.05) is 59.9 Å². The molecule has 9 heteroatoms. The second-order valence-electron chi connectivity index (χ2n) is 11.0. The number of carbonyl (C=O) groups is 1. The Hall–Kier alpha value is -3.46. The number of methoxy groups -OCH3 is 1.